The average molecular weight is 368 g/mol. The molecule has 1 fully saturated rings. The normalized spacial score (nSPS) is 18.0. The molecule has 4 N–H and O–H groups in total. The molecule has 7 heteroatoms. The van der Waals surface area contributed by atoms with E-state index in [9.17, 15) is 9.59 Å². The number of amides is 2. The number of hydrogen-bond donors (Lipinski definition) is 2. The molecule has 1 aliphatic heterocycles. The number of ether oxygens (including phenoxy) is 1. The van der Waals surface area contributed by atoms with Crippen LogP contribution < -0.4 is 11.5 Å². The van der Waals surface area contributed by atoms with Crippen molar-refractivity contribution in [1.82, 2.24) is 9.88 Å². The molecule has 7 nitrogen and oxygen atoms in total. The number of benzene rings is 1. The van der Waals surface area contributed by atoms with E-state index in [0.29, 0.717) is 25.2 Å². The van der Waals surface area contributed by atoms with Crippen LogP contribution in [0.1, 0.15) is 37.8 Å². The minimum absolute atomic E-state index is 0.104. The zero-order chi connectivity index (χ0) is 19.4. The van der Waals surface area contributed by atoms with Crippen LogP contribution in [0.4, 0.5) is 10.6 Å². The second-order valence-electron chi connectivity index (χ2n) is 6.76. The predicted octanol–water partition coefficient (Wildman–Crippen LogP) is 2.87. The van der Waals surface area contributed by atoms with Gasteiger partial charge in [-0.25, -0.2) is 9.78 Å². The maximum absolute atomic E-state index is 12.4. The van der Waals surface area contributed by atoms with Gasteiger partial charge < -0.3 is 21.1 Å². The quantitative estimate of drug-likeness (QED) is 0.814. The van der Waals surface area contributed by atoms with E-state index in [2.05, 4.69) is 4.98 Å². The van der Waals surface area contributed by atoms with Gasteiger partial charge in [-0.3, -0.25) is 4.79 Å². The molecular weight excluding hydrogens is 344 g/mol. The number of nitrogen functional groups attached to an aromatic ring is 1. The van der Waals surface area contributed by atoms with E-state index in [0.717, 1.165) is 16.7 Å². The molecule has 0 bridgehead atoms. The fourth-order valence-corrected chi connectivity index (χ4v) is 3.21. The minimum atomic E-state index is -0.377. The van der Waals surface area contributed by atoms with Crippen molar-refractivity contribution < 1.29 is 14.3 Å². The molecule has 0 aliphatic carbocycles. The lowest BCUT2D eigenvalue weighted by Gasteiger charge is -2.35. The van der Waals surface area contributed by atoms with Gasteiger partial charge >= 0.3 is 6.09 Å². The molecule has 0 spiro atoms. The molecule has 2 aromatic rings. The van der Waals surface area contributed by atoms with Crippen LogP contribution >= 0.6 is 0 Å². The summed E-state index contributed by atoms with van der Waals surface area (Å²) in [5, 5.41) is 0. The largest absolute Gasteiger partial charge is 0.446 e. The average Bonchev–Trinajstić information content (AvgIpc) is 2.67. The minimum Gasteiger partial charge on any atom is -0.446 e. The number of anilines is 1. The molecule has 27 heavy (non-hydrogen) atoms. The molecule has 2 unspecified atom stereocenters. The van der Waals surface area contributed by atoms with Crippen LogP contribution in [0.25, 0.3) is 11.1 Å². The molecule has 1 saturated heterocycles. The van der Waals surface area contributed by atoms with Gasteiger partial charge in [-0.2, -0.15) is 0 Å². The van der Waals surface area contributed by atoms with Crippen molar-refractivity contribution in [2.24, 2.45) is 5.73 Å². The Hall–Kier alpha value is -3.09. The number of nitrogens with zero attached hydrogens (tertiary/aromatic N) is 2. The highest BCUT2D eigenvalue weighted by Gasteiger charge is 2.30. The summed E-state index contributed by atoms with van der Waals surface area (Å²) >= 11 is 0. The monoisotopic (exact) mass is 368 g/mol. The Morgan fingerprint density at radius 1 is 1.26 bits per heavy atom. The highest BCUT2D eigenvalue weighted by atomic mass is 16.6. The van der Waals surface area contributed by atoms with Crippen molar-refractivity contribution in [2.75, 3.05) is 12.3 Å². The number of primary amides is 1. The van der Waals surface area contributed by atoms with Crippen LogP contribution in [0.5, 0.6) is 0 Å². The molecular formula is C20H24N4O3. The summed E-state index contributed by atoms with van der Waals surface area (Å²) in [4.78, 5) is 29.1. The second kappa shape index (κ2) is 8.07. The van der Waals surface area contributed by atoms with Crippen molar-refractivity contribution in [3.05, 3.63) is 48.2 Å². The number of carbonyl (C=O) groups is 2. The van der Waals surface area contributed by atoms with Gasteiger partial charge in [-0.1, -0.05) is 24.3 Å². The number of carbonyl (C=O) groups excluding carboxylic acids is 2. The van der Waals surface area contributed by atoms with Gasteiger partial charge in [0.25, 0.3) is 0 Å². The van der Waals surface area contributed by atoms with Crippen molar-refractivity contribution in [1.29, 1.82) is 0 Å². The summed E-state index contributed by atoms with van der Waals surface area (Å²) in [6, 6.07) is 11.6. The molecule has 3 rings (SSSR count). The van der Waals surface area contributed by atoms with E-state index in [-0.39, 0.29) is 30.6 Å². The van der Waals surface area contributed by atoms with E-state index in [1.54, 1.807) is 17.2 Å². The van der Waals surface area contributed by atoms with Gasteiger partial charge in [0.2, 0.25) is 5.91 Å². The Labute approximate surface area is 158 Å². The molecule has 2 amide bonds. The fourth-order valence-electron chi connectivity index (χ4n) is 3.21. The first kappa shape index (κ1) is 18.7. The summed E-state index contributed by atoms with van der Waals surface area (Å²) in [7, 11) is 0. The van der Waals surface area contributed by atoms with E-state index >= 15 is 0 Å². The lowest BCUT2D eigenvalue weighted by molar-refractivity contribution is -0.118. The maximum atomic E-state index is 12.4. The van der Waals surface area contributed by atoms with E-state index < -0.39 is 0 Å². The molecule has 1 aromatic heterocycles. The lowest BCUT2D eigenvalue weighted by atomic mass is 10.0. The highest BCUT2D eigenvalue weighted by Crippen LogP contribution is 2.28. The van der Waals surface area contributed by atoms with Crippen molar-refractivity contribution in [3.63, 3.8) is 0 Å². The summed E-state index contributed by atoms with van der Waals surface area (Å²) < 4.78 is 5.46. The van der Waals surface area contributed by atoms with Crippen LogP contribution in [-0.4, -0.2) is 34.5 Å². The number of pyridine rings is 1. The third-order valence-electron chi connectivity index (χ3n) is 4.89. The summed E-state index contributed by atoms with van der Waals surface area (Å²) in [6.07, 6.45) is 2.55. The third kappa shape index (κ3) is 4.55. The Balaban J connectivity index is 1.64. The van der Waals surface area contributed by atoms with E-state index in [1.165, 1.54) is 0 Å². The number of hydrogen-bond acceptors (Lipinski definition) is 5. The third-order valence-corrected chi connectivity index (χ3v) is 4.89. The molecule has 2 heterocycles. The van der Waals surface area contributed by atoms with Crippen LogP contribution in [0.3, 0.4) is 0 Å². The Bertz CT molecular complexity index is 805. The Morgan fingerprint density at radius 3 is 2.56 bits per heavy atom. The van der Waals surface area contributed by atoms with Gasteiger partial charge in [-0.05, 0) is 36.6 Å². The molecule has 142 valence electrons. The smallest absolute Gasteiger partial charge is 0.410 e. The van der Waals surface area contributed by atoms with Crippen LogP contribution in [0, 0.1) is 0 Å². The van der Waals surface area contributed by atoms with E-state index in [4.69, 9.17) is 16.2 Å². The molecule has 0 radical (unpaired) electrons. The van der Waals surface area contributed by atoms with Crippen LogP contribution in [0.15, 0.2) is 42.6 Å². The number of cyclic esters (lactones) is 1. The van der Waals surface area contributed by atoms with Crippen molar-refractivity contribution in [3.8, 4) is 11.1 Å². The van der Waals surface area contributed by atoms with E-state index in [1.807, 2.05) is 37.3 Å². The van der Waals surface area contributed by atoms with Gasteiger partial charge in [0.15, 0.2) is 0 Å². The van der Waals surface area contributed by atoms with Crippen molar-refractivity contribution in [2.45, 2.75) is 38.3 Å². The standard InChI is InChI=1S/C20H24N4O3/c1-13(24-11-10-17(27-20(24)26)7-9-19(22)25)14-2-4-15(5-3-14)16-6-8-18(21)23-12-16/h2-6,8,12-13,17H,7,9-11H2,1H3,(H2,21,23)(H2,22,25). The number of aromatic nitrogens is 1. The molecule has 2 atom stereocenters. The second-order valence-corrected chi connectivity index (χ2v) is 6.76. The Kier molecular flexibility index (Phi) is 5.59. The topological polar surface area (TPSA) is 112 Å². The molecule has 0 saturated carbocycles. The first-order valence-corrected chi connectivity index (χ1v) is 9.01. The van der Waals surface area contributed by atoms with Crippen LogP contribution in [-0.2, 0) is 9.53 Å². The van der Waals surface area contributed by atoms with Gasteiger partial charge in [0.1, 0.15) is 11.9 Å². The summed E-state index contributed by atoms with van der Waals surface area (Å²) in [5.41, 5.74) is 13.8. The SMILES string of the molecule is CC(c1ccc(-c2ccc(N)nc2)cc1)N1CCC(CCC(N)=O)OC1=O. The predicted molar refractivity (Wildman–Crippen MR) is 103 cm³/mol. The first-order valence-electron chi connectivity index (χ1n) is 9.01. The van der Waals surface area contributed by atoms with Crippen molar-refractivity contribution >= 4 is 17.8 Å². The maximum Gasteiger partial charge on any atom is 0.410 e. The first-order chi connectivity index (χ1) is 12.9. The zero-order valence-electron chi connectivity index (χ0n) is 15.3. The lowest BCUT2D eigenvalue weighted by Crippen LogP contribution is -2.43. The number of nitrogens with two attached hydrogens (primary N) is 2. The summed E-state index contributed by atoms with van der Waals surface area (Å²) in [5.74, 6) is 0.111. The number of rotatable bonds is 6. The zero-order valence-corrected chi connectivity index (χ0v) is 15.3. The molecule has 1 aliphatic rings. The Morgan fingerprint density at radius 2 is 1.96 bits per heavy atom. The van der Waals surface area contributed by atoms with Gasteiger partial charge in [-0.15, -0.1) is 0 Å². The highest BCUT2D eigenvalue weighted by molar-refractivity contribution is 5.74. The van der Waals surface area contributed by atoms with Gasteiger partial charge in [0.05, 0.1) is 6.04 Å². The molecule has 1 aromatic carbocycles. The van der Waals surface area contributed by atoms with Crippen LogP contribution in [0.2, 0.25) is 0 Å². The fraction of sp³-hybridized carbons (Fsp3) is 0.350. The summed E-state index contributed by atoms with van der Waals surface area (Å²) in [6.45, 7) is 2.57. The van der Waals surface area contributed by atoms with Gasteiger partial charge in [0, 0.05) is 31.1 Å².